The highest BCUT2D eigenvalue weighted by Gasteiger charge is 2.23. The summed E-state index contributed by atoms with van der Waals surface area (Å²) in [6, 6.07) is 10.0. The van der Waals surface area contributed by atoms with Crippen LogP contribution in [0.4, 0.5) is 19.3 Å². The van der Waals surface area contributed by atoms with Gasteiger partial charge in [0, 0.05) is 18.4 Å². The molecule has 0 saturated carbocycles. The van der Waals surface area contributed by atoms with Gasteiger partial charge in [-0.15, -0.1) is 0 Å². The van der Waals surface area contributed by atoms with Gasteiger partial charge in [-0.3, -0.25) is 4.79 Å². The van der Waals surface area contributed by atoms with Gasteiger partial charge in [0.05, 0.1) is 11.4 Å². The molecule has 0 bridgehead atoms. The SMILES string of the molecule is CCN(C(=O)Nc1ccccc1)[C@H](C)c1c[nH]c(=O)c2cc(F)c(F)cc12. The van der Waals surface area contributed by atoms with Gasteiger partial charge in [0.15, 0.2) is 11.6 Å². The average molecular weight is 371 g/mol. The van der Waals surface area contributed by atoms with Crippen molar-refractivity contribution in [1.82, 2.24) is 9.88 Å². The van der Waals surface area contributed by atoms with Gasteiger partial charge in [0.25, 0.3) is 5.56 Å². The predicted molar refractivity (Wildman–Crippen MR) is 101 cm³/mol. The van der Waals surface area contributed by atoms with Crippen molar-refractivity contribution in [1.29, 1.82) is 0 Å². The third kappa shape index (κ3) is 3.67. The van der Waals surface area contributed by atoms with Crippen molar-refractivity contribution in [2.45, 2.75) is 19.9 Å². The van der Waals surface area contributed by atoms with Crippen LogP contribution in [-0.4, -0.2) is 22.5 Å². The molecular formula is C20H19F2N3O2. The first-order chi connectivity index (χ1) is 12.9. The Balaban J connectivity index is 1.99. The molecule has 2 N–H and O–H groups in total. The minimum Gasteiger partial charge on any atom is -0.328 e. The molecular weight excluding hydrogens is 352 g/mol. The Morgan fingerprint density at radius 3 is 2.41 bits per heavy atom. The number of urea groups is 1. The molecule has 1 aromatic heterocycles. The van der Waals surface area contributed by atoms with E-state index in [4.69, 9.17) is 0 Å². The van der Waals surface area contributed by atoms with Crippen molar-refractivity contribution in [3.63, 3.8) is 0 Å². The number of pyridine rings is 1. The fourth-order valence-corrected chi connectivity index (χ4v) is 3.10. The Bertz CT molecular complexity index is 1030. The number of para-hydroxylation sites is 1. The number of hydrogen-bond donors (Lipinski definition) is 2. The first kappa shape index (κ1) is 18.6. The maximum atomic E-state index is 13.8. The van der Waals surface area contributed by atoms with E-state index in [9.17, 15) is 18.4 Å². The van der Waals surface area contributed by atoms with Crippen molar-refractivity contribution < 1.29 is 13.6 Å². The van der Waals surface area contributed by atoms with Gasteiger partial charge in [0.1, 0.15) is 0 Å². The maximum absolute atomic E-state index is 13.8. The van der Waals surface area contributed by atoms with Gasteiger partial charge in [-0.2, -0.15) is 0 Å². The van der Waals surface area contributed by atoms with Crippen LogP contribution in [0.5, 0.6) is 0 Å². The van der Waals surface area contributed by atoms with E-state index in [1.807, 2.05) is 25.1 Å². The number of aromatic amines is 1. The third-order valence-corrected chi connectivity index (χ3v) is 4.52. The van der Waals surface area contributed by atoms with Crippen LogP contribution in [0.2, 0.25) is 0 Å². The molecule has 1 heterocycles. The van der Waals surface area contributed by atoms with Gasteiger partial charge in [-0.1, -0.05) is 18.2 Å². The van der Waals surface area contributed by atoms with Gasteiger partial charge < -0.3 is 15.2 Å². The standard InChI is InChI=1S/C20H19F2N3O2/c1-3-25(20(27)24-13-7-5-4-6-8-13)12(2)16-11-23-19(26)15-10-18(22)17(21)9-14(15)16/h4-12H,3H2,1-2H3,(H,23,26)(H,24,27)/t12-/m1/s1. The molecule has 3 aromatic rings. The molecule has 2 aromatic carbocycles. The summed E-state index contributed by atoms with van der Waals surface area (Å²) in [4.78, 5) is 28.8. The molecule has 0 fully saturated rings. The van der Waals surface area contributed by atoms with Crippen molar-refractivity contribution in [3.8, 4) is 0 Å². The van der Waals surface area contributed by atoms with Gasteiger partial charge in [0.2, 0.25) is 0 Å². The number of fused-ring (bicyclic) bond motifs is 1. The van der Waals surface area contributed by atoms with E-state index < -0.39 is 23.2 Å². The van der Waals surface area contributed by atoms with Crippen molar-refractivity contribution in [2.75, 3.05) is 11.9 Å². The van der Waals surface area contributed by atoms with Gasteiger partial charge in [-0.05, 0) is 49.1 Å². The monoisotopic (exact) mass is 371 g/mol. The van der Waals surface area contributed by atoms with Crippen molar-refractivity contribution in [2.24, 2.45) is 0 Å². The quantitative estimate of drug-likeness (QED) is 0.713. The summed E-state index contributed by atoms with van der Waals surface area (Å²) in [5.74, 6) is -2.13. The predicted octanol–water partition coefficient (Wildman–Crippen LogP) is 4.42. The zero-order valence-electron chi connectivity index (χ0n) is 14.9. The normalized spacial score (nSPS) is 12.0. The molecule has 0 aliphatic heterocycles. The summed E-state index contributed by atoms with van der Waals surface area (Å²) in [5.41, 5.74) is 0.651. The largest absolute Gasteiger partial charge is 0.328 e. The molecule has 7 heteroatoms. The molecule has 0 unspecified atom stereocenters. The Labute approximate surface area is 154 Å². The molecule has 0 saturated heterocycles. The summed E-state index contributed by atoms with van der Waals surface area (Å²) in [5, 5.41) is 3.12. The van der Waals surface area contributed by atoms with E-state index in [0.29, 0.717) is 17.8 Å². The second kappa shape index (κ2) is 7.57. The number of benzene rings is 2. The highest BCUT2D eigenvalue weighted by Crippen LogP contribution is 2.28. The molecule has 3 rings (SSSR count). The molecule has 5 nitrogen and oxygen atoms in total. The molecule has 0 spiro atoms. The van der Waals surface area contributed by atoms with Crippen LogP contribution in [0.1, 0.15) is 25.5 Å². The first-order valence-corrected chi connectivity index (χ1v) is 8.55. The van der Waals surface area contributed by atoms with Crippen molar-refractivity contribution >= 4 is 22.5 Å². The lowest BCUT2D eigenvalue weighted by Gasteiger charge is -2.29. The summed E-state index contributed by atoms with van der Waals surface area (Å²) in [7, 11) is 0. The lowest BCUT2D eigenvalue weighted by Crippen LogP contribution is -2.37. The van der Waals surface area contributed by atoms with Crippen LogP contribution in [0.3, 0.4) is 0 Å². The number of halogens is 2. The summed E-state index contributed by atoms with van der Waals surface area (Å²) < 4.78 is 27.3. The zero-order valence-corrected chi connectivity index (χ0v) is 14.9. The molecule has 0 radical (unpaired) electrons. The third-order valence-electron chi connectivity index (χ3n) is 4.52. The Kier molecular flexibility index (Phi) is 5.21. The second-order valence-electron chi connectivity index (χ2n) is 6.14. The molecule has 0 aliphatic carbocycles. The minimum atomic E-state index is -1.09. The van der Waals surface area contributed by atoms with Crippen LogP contribution in [-0.2, 0) is 0 Å². The van der Waals surface area contributed by atoms with Crippen LogP contribution < -0.4 is 10.9 Å². The van der Waals surface area contributed by atoms with E-state index >= 15 is 0 Å². The zero-order chi connectivity index (χ0) is 19.6. The molecule has 0 aliphatic rings. The second-order valence-corrected chi connectivity index (χ2v) is 6.14. The molecule has 140 valence electrons. The lowest BCUT2D eigenvalue weighted by atomic mass is 10.0. The molecule has 27 heavy (non-hydrogen) atoms. The number of rotatable bonds is 4. The summed E-state index contributed by atoms with van der Waals surface area (Å²) in [6.07, 6.45) is 1.44. The number of carbonyl (C=O) groups is 1. The Morgan fingerprint density at radius 2 is 1.78 bits per heavy atom. The van der Waals surface area contributed by atoms with Crippen molar-refractivity contribution in [3.05, 3.63) is 76.2 Å². The number of H-pyrrole nitrogens is 1. The number of nitrogens with one attached hydrogen (secondary N) is 2. The smallest absolute Gasteiger partial charge is 0.322 e. The van der Waals surface area contributed by atoms with E-state index in [1.165, 1.54) is 6.20 Å². The van der Waals surface area contributed by atoms with Gasteiger partial charge >= 0.3 is 6.03 Å². The van der Waals surface area contributed by atoms with E-state index in [0.717, 1.165) is 12.1 Å². The molecule has 2 amide bonds. The fourth-order valence-electron chi connectivity index (χ4n) is 3.10. The number of carbonyl (C=O) groups excluding carboxylic acids is 1. The Hall–Kier alpha value is -3.22. The highest BCUT2D eigenvalue weighted by atomic mass is 19.2. The minimum absolute atomic E-state index is 0.0396. The lowest BCUT2D eigenvalue weighted by molar-refractivity contribution is 0.197. The Morgan fingerprint density at radius 1 is 1.15 bits per heavy atom. The highest BCUT2D eigenvalue weighted by molar-refractivity contribution is 5.90. The fraction of sp³-hybridized carbons (Fsp3) is 0.200. The maximum Gasteiger partial charge on any atom is 0.322 e. The van der Waals surface area contributed by atoms with E-state index in [1.54, 1.807) is 24.0 Å². The summed E-state index contributed by atoms with van der Waals surface area (Å²) >= 11 is 0. The number of nitrogens with zero attached hydrogens (tertiary/aromatic N) is 1. The number of aromatic nitrogens is 1. The van der Waals surface area contributed by atoms with Crippen LogP contribution in [0, 0.1) is 11.6 Å². The van der Waals surface area contributed by atoms with Crippen LogP contribution in [0.25, 0.3) is 10.8 Å². The number of anilines is 1. The average Bonchev–Trinajstić information content (AvgIpc) is 2.65. The van der Waals surface area contributed by atoms with Crippen LogP contribution >= 0.6 is 0 Å². The van der Waals surface area contributed by atoms with E-state index in [-0.39, 0.29) is 16.8 Å². The van der Waals surface area contributed by atoms with Gasteiger partial charge in [-0.25, -0.2) is 13.6 Å². The topological polar surface area (TPSA) is 65.2 Å². The summed E-state index contributed by atoms with van der Waals surface area (Å²) in [6.45, 7) is 3.96. The van der Waals surface area contributed by atoms with E-state index in [2.05, 4.69) is 10.3 Å². The molecule has 1 atom stereocenters. The van der Waals surface area contributed by atoms with Crippen LogP contribution in [0.15, 0.2) is 53.5 Å². The first-order valence-electron chi connectivity index (χ1n) is 8.55. The number of amides is 2. The number of hydrogen-bond acceptors (Lipinski definition) is 2.